The van der Waals surface area contributed by atoms with Gasteiger partial charge in [-0.2, -0.15) is 0 Å². The van der Waals surface area contributed by atoms with Crippen molar-refractivity contribution in [2.24, 2.45) is 0 Å². The molecule has 2 N–H and O–H groups in total. The number of allylic oxidation sites excluding steroid dienone is 1. The van der Waals surface area contributed by atoms with Crippen molar-refractivity contribution in [3.8, 4) is 11.5 Å². The fourth-order valence-electron chi connectivity index (χ4n) is 1.49. The van der Waals surface area contributed by atoms with Crippen molar-refractivity contribution in [1.29, 1.82) is 0 Å². The summed E-state index contributed by atoms with van der Waals surface area (Å²) < 4.78 is 4.80. The normalized spacial score (nSPS) is 11.7. The molecule has 0 saturated carbocycles. The second kappa shape index (κ2) is 5.58. The number of aromatic hydroxyl groups is 2. The Hall–Kier alpha value is -1.97. The second-order valence-corrected chi connectivity index (χ2v) is 4.51. The van der Waals surface area contributed by atoms with Crippen LogP contribution < -0.4 is 0 Å². The zero-order valence-electron chi connectivity index (χ0n) is 10.8. The molecular formula is C14H18O4. The van der Waals surface area contributed by atoms with Gasteiger partial charge in [-0.25, -0.2) is 4.79 Å². The minimum Gasteiger partial charge on any atom is -0.504 e. The Labute approximate surface area is 107 Å². The van der Waals surface area contributed by atoms with Crippen molar-refractivity contribution in [3.05, 3.63) is 35.9 Å². The molecule has 1 aromatic rings. The summed E-state index contributed by atoms with van der Waals surface area (Å²) >= 11 is 0. The first kappa shape index (κ1) is 14.1. The molecule has 0 aromatic heterocycles. The first-order valence-electron chi connectivity index (χ1n) is 5.75. The minimum absolute atomic E-state index is 0.163. The van der Waals surface area contributed by atoms with Crippen LogP contribution in [0.3, 0.4) is 0 Å². The number of hydrogen-bond donors (Lipinski definition) is 2. The summed E-state index contributed by atoms with van der Waals surface area (Å²) in [6.07, 6.45) is 3.07. The van der Waals surface area contributed by atoms with Crippen molar-refractivity contribution in [1.82, 2.24) is 0 Å². The van der Waals surface area contributed by atoms with Gasteiger partial charge in [-0.1, -0.05) is 26.0 Å². The third-order valence-electron chi connectivity index (χ3n) is 2.64. The molecule has 18 heavy (non-hydrogen) atoms. The van der Waals surface area contributed by atoms with Gasteiger partial charge in [-0.05, 0) is 24.6 Å². The van der Waals surface area contributed by atoms with E-state index in [-0.39, 0.29) is 11.5 Å². The predicted octanol–water partition coefficient (Wildman–Crippen LogP) is 2.49. The lowest BCUT2D eigenvalue weighted by Gasteiger charge is -2.21. The van der Waals surface area contributed by atoms with E-state index in [9.17, 15) is 15.0 Å². The van der Waals surface area contributed by atoms with Crippen molar-refractivity contribution in [2.45, 2.75) is 26.2 Å². The molecule has 0 aliphatic rings. The number of carbonyl (C=O) groups is 1. The molecule has 0 aliphatic carbocycles. The van der Waals surface area contributed by atoms with E-state index in [1.807, 2.05) is 13.8 Å². The topological polar surface area (TPSA) is 66.8 Å². The number of hydrogen-bond acceptors (Lipinski definition) is 4. The van der Waals surface area contributed by atoms with Gasteiger partial charge >= 0.3 is 5.97 Å². The van der Waals surface area contributed by atoms with Crippen LogP contribution in [0.5, 0.6) is 11.5 Å². The van der Waals surface area contributed by atoms with Gasteiger partial charge in [-0.3, -0.25) is 0 Å². The van der Waals surface area contributed by atoms with E-state index >= 15 is 0 Å². The van der Waals surface area contributed by atoms with Crippen LogP contribution in [0.1, 0.15) is 26.3 Å². The van der Waals surface area contributed by atoms with Crippen molar-refractivity contribution in [3.63, 3.8) is 0 Å². The van der Waals surface area contributed by atoms with Crippen molar-refractivity contribution < 1.29 is 19.7 Å². The third kappa shape index (κ3) is 3.52. The molecule has 98 valence electrons. The lowest BCUT2D eigenvalue weighted by Crippen LogP contribution is -2.14. The number of phenolic OH excluding ortho intramolecular Hbond substituents is 2. The molecule has 0 fully saturated rings. The molecule has 0 unspecified atom stereocenters. The average molecular weight is 250 g/mol. The van der Waals surface area contributed by atoms with Crippen LogP contribution in [0.4, 0.5) is 0 Å². The molecule has 4 nitrogen and oxygen atoms in total. The molecular weight excluding hydrogens is 232 g/mol. The van der Waals surface area contributed by atoms with Crippen LogP contribution in [0, 0.1) is 0 Å². The maximum Gasteiger partial charge on any atom is 0.330 e. The summed E-state index contributed by atoms with van der Waals surface area (Å²) in [6.45, 7) is 5.88. The maximum atomic E-state index is 11.2. The fraction of sp³-hybridized carbons (Fsp3) is 0.357. The summed E-state index contributed by atoms with van der Waals surface area (Å²) in [7, 11) is 0. The van der Waals surface area contributed by atoms with Gasteiger partial charge < -0.3 is 14.9 Å². The monoisotopic (exact) mass is 250 g/mol. The standard InChI is InChI=1S/C14H18O4/c1-4-18-13(17)7-8-14(2,3)10-5-6-11(15)12(16)9-10/h5-9,15-16H,4H2,1-3H3/b8-7+. The van der Waals surface area contributed by atoms with Crippen molar-refractivity contribution >= 4 is 5.97 Å². The Morgan fingerprint density at radius 1 is 1.33 bits per heavy atom. The summed E-state index contributed by atoms with van der Waals surface area (Å²) in [5.41, 5.74) is 0.344. The third-order valence-corrected chi connectivity index (χ3v) is 2.64. The molecule has 1 aromatic carbocycles. The summed E-state index contributed by atoms with van der Waals surface area (Å²) in [5.74, 6) is -0.734. The summed E-state index contributed by atoms with van der Waals surface area (Å²) in [6, 6.07) is 4.60. The van der Waals surface area contributed by atoms with Gasteiger partial charge in [0.1, 0.15) is 0 Å². The van der Waals surface area contributed by atoms with E-state index in [1.165, 1.54) is 18.2 Å². The number of benzene rings is 1. The van der Waals surface area contributed by atoms with Crippen molar-refractivity contribution in [2.75, 3.05) is 6.61 Å². The Bertz CT molecular complexity index is 461. The first-order valence-corrected chi connectivity index (χ1v) is 5.75. The predicted molar refractivity (Wildman–Crippen MR) is 68.6 cm³/mol. The molecule has 0 saturated heterocycles. The fourth-order valence-corrected chi connectivity index (χ4v) is 1.49. The number of esters is 1. The van der Waals surface area contributed by atoms with E-state index in [0.717, 1.165) is 5.56 Å². The smallest absolute Gasteiger partial charge is 0.330 e. The second-order valence-electron chi connectivity index (χ2n) is 4.51. The van der Waals surface area contributed by atoms with Gasteiger partial charge in [0.15, 0.2) is 11.5 Å². The van der Waals surface area contributed by atoms with Gasteiger partial charge in [0.2, 0.25) is 0 Å². The van der Waals surface area contributed by atoms with Crippen LogP contribution in [-0.4, -0.2) is 22.8 Å². The number of phenols is 2. The Morgan fingerprint density at radius 2 is 2.00 bits per heavy atom. The number of rotatable bonds is 4. The lowest BCUT2D eigenvalue weighted by atomic mass is 9.84. The molecule has 1 rings (SSSR count). The molecule has 0 bridgehead atoms. The quantitative estimate of drug-likeness (QED) is 0.489. The molecule has 0 atom stereocenters. The maximum absolute atomic E-state index is 11.2. The van der Waals surface area contributed by atoms with E-state index in [0.29, 0.717) is 6.61 Å². The zero-order chi connectivity index (χ0) is 13.8. The summed E-state index contributed by atoms with van der Waals surface area (Å²) in [5, 5.41) is 18.7. The lowest BCUT2D eigenvalue weighted by molar-refractivity contribution is -0.137. The van der Waals surface area contributed by atoms with Crippen LogP contribution in [0.15, 0.2) is 30.4 Å². The van der Waals surface area contributed by atoms with Gasteiger partial charge in [0.05, 0.1) is 6.61 Å². The van der Waals surface area contributed by atoms with Gasteiger partial charge in [0, 0.05) is 11.5 Å². The van der Waals surface area contributed by atoms with E-state index in [1.54, 1.807) is 19.1 Å². The van der Waals surface area contributed by atoms with Gasteiger partial charge in [0.25, 0.3) is 0 Å². The van der Waals surface area contributed by atoms with E-state index < -0.39 is 11.4 Å². The van der Waals surface area contributed by atoms with Crippen LogP contribution >= 0.6 is 0 Å². The largest absolute Gasteiger partial charge is 0.504 e. The Balaban J connectivity index is 2.91. The molecule has 0 heterocycles. The average Bonchev–Trinajstić information content (AvgIpc) is 2.30. The zero-order valence-corrected chi connectivity index (χ0v) is 10.8. The molecule has 4 heteroatoms. The molecule has 0 aliphatic heterocycles. The highest BCUT2D eigenvalue weighted by atomic mass is 16.5. The SMILES string of the molecule is CCOC(=O)/C=C/C(C)(C)c1ccc(O)c(O)c1. The minimum atomic E-state index is -0.446. The summed E-state index contributed by atoms with van der Waals surface area (Å²) in [4.78, 5) is 11.2. The highest BCUT2D eigenvalue weighted by molar-refractivity contribution is 5.82. The Morgan fingerprint density at radius 3 is 2.56 bits per heavy atom. The van der Waals surface area contributed by atoms with E-state index in [2.05, 4.69) is 0 Å². The van der Waals surface area contributed by atoms with Crippen LogP contribution in [0.2, 0.25) is 0 Å². The molecule has 0 amide bonds. The van der Waals surface area contributed by atoms with Gasteiger partial charge in [-0.15, -0.1) is 0 Å². The highest BCUT2D eigenvalue weighted by Gasteiger charge is 2.18. The first-order chi connectivity index (χ1) is 8.36. The van der Waals surface area contributed by atoms with Crippen LogP contribution in [0.25, 0.3) is 0 Å². The Kier molecular flexibility index (Phi) is 4.37. The van der Waals surface area contributed by atoms with E-state index in [4.69, 9.17) is 4.74 Å². The van der Waals surface area contributed by atoms with Crippen LogP contribution in [-0.2, 0) is 14.9 Å². The number of ether oxygens (including phenoxy) is 1. The molecule has 0 radical (unpaired) electrons. The number of carbonyl (C=O) groups excluding carboxylic acids is 1. The highest BCUT2D eigenvalue weighted by Crippen LogP contribution is 2.32. The molecule has 0 spiro atoms.